The van der Waals surface area contributed by atoms with Crippen LogP contribution in [-0.4, -0.2) is 36.2 Å². The molecule has 0 fully saturated rings. The van der Waals surface area contributed by atoms with Crippen molar-refractivity contribution < 1.29 is 14.3 Å². The lowest BCUT2D eigenvalue weighted by Gasteiger charge is -2.15. The fourth-order valence-electron chi connectivity index (χ4n) is 1.67. The number of nitrogens with one attached hydrogen (secondary N) is 1. The number of hydrogen-bond acceptors (Lipinski definition) is 3. The predicted octanol–water partition coefficient (Wildman–Crippen LogP) is 1.57. The summed E-state index contributed by atoms with van der Waals surface area (Å²) in [6.07, 6.45) is 0. The molecule has 2 N–H and O–H groups in total. The number of aliphatic hydroxyl groups is 1. The monoisotopic (exact) mass is 248 g/mol. The number of fused-ring (bicyclic) bond motifs is 1. The number of amides is 2. The number of benzene rings is 1. The molecule has 2 rings (SSSR count). The van der Waals surface area contributed by atoms with Gasteiger partial charge in [0.05, 0.1) is 13.2 Å². The van der Waals surface area contributed by atoms with Crippen molar-refractivity contribution >= 4 is 17.0 Å². The third kappa shape index (κ3) is 2.81. The summed E-state index contributed by atoms with van der Waals surface area (Å²) in [6, 6.07) is 9.37. The van der Waals surface area contributed by atoms with Crippen molar-refractivity contribution in [1.82, 2.24) is 10.2 Å². The van der Waals surface area contributed by atoms with Gasteiger partial charge in [-0.25, -0.2) is 4.79 Å². The first-order chi connectivity index (χ1) is 8.70. The van der Waals surface area contributed by atoms with Crippen LogP contribution in [0, 0.1) is 0 Å². The number of urea groups is 1. The molecule has 0 radical (unpaired) electrons. The van der Waals surface area contributed by atoms with Crippen LogP contribution in [0.2, 0.25) is 0 Å². The summed E-state index contributed by atoms with van der Waals surface area (Å²) in [4.78, 5) is 13.0. The van der Waals surface area contributed by atoms with E-state index in [0.717, 1.165) is 11.0 Å². The third-order valence-electron chi connectivity index (χ3n) is 2.67. The van der Waals surface area contributed by atoms with Gasteiger partial charge in [-0.1, -0.05) is 18.2 Å². The third-order valence-corrected chi connectivity index (χ3v) is 2.67. The van der Waals surface area contributed by atoms with Crippen LogP contribution in [0.5, 0.6) is 0 Å². The number of aliphatic hydroxyl groups excluding tert-OH is 1. The molecule has 18 heavy (non-hydrogen) atoms. The summed E-state index contributed by atoms with van der Waals surface area (Å²) in [6.45, 7) is 0.601. The fourth-order valence-corrected chi connectivity index (χ4v) is 1.67. The van der Waals surface area contributed by atoms with Crippen molar-refractivity contribution in [3.63, 3.8) is 0 Å². The number of nitrogens with zero attached hydrogens (tertiary/aromatic N) is 1. The number of carbonyl (C=O) groups excluding carboxylic acids is 1. The van der Waals surface area contributed by atoms with Crippen molar-refractivity contribution in [3.8, 4) is 0 Å². The molecule has 0 spiro atoms. The fraction of sp³-hybridized carbons (Fsp3) is 0.308. The molecule has 1 aromatic heterocycles. The summed E-state index contributed by atoms with van der Waals surface area (Å²) in [7, 11) is 1.63. The number of para-hydroxylation sites is 1. The lowest BCUT2D eigenvalue weighted by atomic mass is 10.2. The molecule has 96 valence electrons. The molecular formula is C13H16N2O3. The minimum atomic E-state index is -0.232. The van der Waals surface area contributed by atoms with Crippen molar-refractivity contribution in [2.24, 2.45) is 0 Å². The van der Waals surface area contributed by atoms with Gasteiger partial charge in [-0.3, -0.25) is 0 Å². The van der Waals surface area contributed by atoms with Gasteiger partial charge in [-0.05, 0) is 12.1 Å². The van der Waals surface area contributed by atoms with E-state index >= 15 is 0 Å². The SMILES string of the molecule is CN(CCO)C(=O)NCc1cc2ccccc2o1. The van der Waals surface area contributed by atoms with Crippen molar-refractivity contribution in [1.29, 1.82) is 0 Å². The molecule has 5 nitrogen and oxygen atoms in total. The lowest BCUT2D eigenvalue weighted by molar-refractivity contribution is 0.189. The Balaban J connectivity index is 1.95. The van der Waals surface area contributed by atoms with E-state index in [4.69, 9.17) is 9.52 Å². The average Bonchev–Trinajstić information content (AvgIpc) is 2.78. The second kappa shape index (κ2) is 5.55. The van der Waals surface area contributed by atoms with E-state index in [9.17, 15) is 4.79 Å². The standard InChI is InChI=1S/C13H16N2O3/c1-15(6-7-16)13(17)14-9-11-8-10-4-2-3-5-12(10)18-11/h2-5,8,16H,6-7,9H2,1H3,(H,14,17). The number of hydrogen-bond donors (Lipinski definition) is 2. The van der Waals surface area contributed by atoms with Gasteiger partial charge in [0.2, 0.25) is 0 Å². The van der Waals surface area contributed by atoms with Gasteiger partial charge in [0, 0.05) is 19.0 Å². The molecule has 2 aromatic rings. The summed E-state index contributed by atoms with van der Waals surface area (Å²) in [5.41, 5.74) is 0.811. The van der Waals surface area contributed by atoms with Crippen LogP contribution >= 0.6 is 0 Å². The molecule has 0 aliphatic carbocycles. The lowest BCUT2D eigenvalue weighted by Crippen LogP contribution is -2.38. The molecule has 5 heteroatoms. The highest BCUT2D eigenvalue weighted by atomic mass is 16.3. The van der Waals surface area contributed by atoms with E-state index < -0.39 is 0 Å². The molecule has 0 atom stereocenters. The number of furan rings is 1. The molecule has 2 amide bonds. The Labute approximate surface area is 105 Å². The molecule has 0 bridgehead atoms. The quantitative estimate of drug-likeness (QED) is 0.863. The number of likely N-dealkylation sites (N-methyl/N-ethyl adjacent to an activating group) is 1. The van der Waals surface area contributed by atoms with Crippen LogP contribution in [0.4, 0.5) is 4.79 Å². The predicted molar refractivity (Wildman–Crippen MR) is 68.2 cm³/mol. The van der Waals surface area contributed by atoms with Gasteiger partial charge in [0.1, 0.15) is 11.3 Å². The van der Waals surface area contributed by atoms with Gasteiger partial charge < -0.3 is 19.7 Å². The van der Waals surface area contributed by atoms with E-state index in [1.807, 2.05) is 30.3 Å². The normalized spacial score (nSPS) is 10.6. The number of rotatable bonds is 4. The second-order valence-electron chi connectivity index (χ2n) is 4.05. The molecule has 1 heterocycles. The first kappa shape index (κ1) is 12.4. The van der Waals surface area contributed by atoms with Gasteiger partial charge in [-0.2, -0.15) is 0 Å². The van der Waals surface area contributed by atoms with Crippen LogP contribution in [0.1, 0.15) is 5.76 Å². The van der Waals surface area contributed by atoms with Crippen molar-refractivity contribution in [2.45, 2.75) is 6.54 Å². The van der Waals surface area contributed by atoms with Crippen LogP contribution in [0.25, 0.3) is 11.0 Å². The first-order valence-corrected chi connectivity index (χ1v) is 5.78. The maximum atomic E-state index is 11.6. The number of carbonyl (C=O) groups is 1. The van der Waals surface area contributed by atoms with E-state index in [2.05, 4.69) is 5.32 Å². The maximum Gasteiger partial charge on any atom is 0.317 e. The smallest absolute Gasteiger partial charge is 0.317 e. The Morgan fingerprint density at radius 2 is 2.22 bits per heavy atom. The van der Waals surface area contributed by atoms with Gasteiger partial charge in [-0.15, -0.1) is 0 Å². The summed E-state index contributed by atoms with van der Waals surface area (Å²) in [5.74, 6) is 0.710. The second-order valence-corrected chi connectivity index (χ2v) is 4.05. The first-order valence-electron chi connectivity index (χ1n) is 5.78. The average molecular weight is 248 g/mol. The molecule has 0 unspecified atom stereocenters. The van der Waals surface area contributed by atoms with Crippen LogP contribution < -0.4 is 5.32 Å². The minimum Gasteiger partial charge on any atom is -0.459 e. The topological polar surface area (TPSA) is 65.7 Å². The zero-order valence-corrected chi connectivity index (χ0v) is 10.2. The minimum absolute atomic E-state index is 0.0471. The van der Waals surface area contributed by atoms with E-state index in [0.29, 0.717) is 18.8 Å². The van der Waals surface area contributed by atoms with Crippen molar-refractivity contribution in [2.75, 3.05) is 20.2 Å². The van der Waals surface area contributed by atoms with Gasteiger partial charge in [0.15, 0.2) is 0 Å². The highest BCUT2D eigenvalue weighted by molar-refractivity contribution is 5.78. The maximum absolute atomic E-state index is 11.6. The Kier molecular flexibility index (Phi) is 3.84. The zero-order chi connectivity index (χ0) is 13.0. The largest absolute Gasteiger partial charge is 0.459 e. The summed E-state index contributed by atoms with van der Waals surface area (Å²) < 4.78 is 5.58. The highest BCUT2D eigenvalue weighted by Gasteiger charge is 2.08. The van der Waals surface area contributed by atoms with Gasteiger partial charge >= 0.3 is 6.03 Å². The van der Waals surface area contributed by atoms with E-state index in [1.165, 1.54) is 4.90 Å². The molecule has 0 aliphatic heterocycles. The molecule has 0 saturated heterocycles. The van der Waals surface area contributed by atoms with Crippen LogP contribution in [0.3, 0.4) is 0 Å². The summed E-state index contributed by atoms with van der Waals surface area (Å²) in [5, 5.41) is 12.5. The van der Waals surface area contributed by atoms with Crippen LogP contribution in [-0.2, 0) is 6.54 Å². The molecule has 0 saturated carbocycles. The molecule has 0 aliphatic rings. The highest BCUT2D eigenvalue weighted by Crippen LogP contribution is 2.18. The molecular weight excluding hydrogens is 232 g/mol. The Morgan fingerprint density at radius 1 is 1.44 bits per heavy atom. The Morgan fingerprint density at radius 3 is 2.94 bits per heavy atom. The Hall–Kier alpha value is -2.01. The van der Waals surface area contributed by atoms with E-state index in [1.54, 1.807) is 7.05 Å². The zero-order valence-electron chi connectivity index (χ0n) is 10.2. The van der Waals surface area contributed by atoms with E-state index in [-0.39, 0.29) is 12.6 Å². The molecule has 1 aromatic carbocycles. The van der Waals surface area contributed by atoms with Crippen molar-refractivity contribution in [3.05, 3.63) is 36.1 Å². The Bertz CT molecular complexity index is 503. The van der Waals surface area contributed by atoms with Crippen LogP contribution in [0.15, 0.2) is 34.7 Å². The van der Waals surface area contributed by atoms with Gasteiger partial charge in [0.25, 0.3) is 0 Å². The summed E-state index contributed by atoms with van der Waals surface area (Å²) >= 11 is 0.